The molecular formula is C32H33F2N7O3. The van der Waals surface area contributed by atoms with Crippen molar-refractivity contribution < 1.29 is 23.1 Å². The van der Waals surface area contributed by atoms with Crippen LogP contribution < -0.4 is 25.6 Å². The number of carbonyl (C=O) groups excluding carboxylic acids is 2. The number of rotatable bonds is 10. The summed E-state index contributed by atoms with van der Waals surface area (Å²) < 4.78 is 35.4. The Morgan fingerprint density at radius 2 is 1.80 bits per heavy atom. The van der Waals surface area contributed by atoms with Gasteiger partial charge in [0.25, 0.3) is 5.91 Å². The van der Waals surface area contributed by atoms with Crippen LogP contribution >= 0.6 is 0 Å². The molecule has 0 unspecified atom stereocenters. The Balaban J connectivity index is 1.58. The first-order chi connectivity index (χ1) is 21.2. The van der Waals surface area contributed by atoms with Gasteiger partial charge in [-0.1, -0.05) is 12.1 Å². The van der Waals surface area contributed by atoms with Gasteiger partial charge in [0.1, 0.15) is 23.1 Å². The Hall–Kier alpha value is -5.10. The lowest BCUT2D eigenvalue weighted by Crippen LogP contribution is -2.43. The number of ether oxygens (including phenoxy) is 1. The first kappa shape index (κ1) is 30.4. The highest BCUT2D eigenvalue weighted by molar-refractivity contribution is 6.06. The van der Waals surface area contributed by atoms with Crippen molar-refractivity contribution in [2.24, 2.45) is 0 Å². The van der Waals surface area contributed by atoms with Gasteiger partial charge in [0.2, 0.25) is 5.95 Å². The van der Waals surface area contributed by atoms with Crippen molar-refractivity contribution in [1.29, 1.82) is 0 Å². The van der Waals surface area contributed by atoms with Crippen LogP contribution in [0.2, 0.25) is 0 Å². The lowest BCUT2D eigenvalue weighted by Gasteiger charge is -2.31. The lowest BCUT2D eigenvalue weighted by molar-refractivity contribution is 0.102. The third-order valence-electron chi connectivity index (χ3n) is 7.00. The van der Waals surface area contributed by atoms with E-state index in [-0.39, 0.29) is 24.2 Å². The highest BCUT2D eigenvalue weighted by atomic mass is 19.1. The molecular weight excluding hydrogens is 568 g/mol. The summed E-state index contributed by atoms with van der Waals surface area (Å²) in [4.78, 5) is 38.6. The fourth-order valence-electron chi connectivity index (χ4n) is 4.79. The van der Waals surface area contributed by atoms with Crippen LogP contribution in [-0.2, 0) is 6.54 Å². The van der Waals surface area contributed by atoms with Gasteiger partial charge in [0.05, 0.1) is 18.8 Å². The zero-order valence-corrected chi connectivity index (χ0v) is 24.9. The van der Waals surface area contributed by atoms with Crippen LogP contribution in [0.1, 0.15) is 28.4 Å². The SMILES string of the molecule is CCOc1ccc(NC(=O)c2ccc(C)c(-c3nc(NCCN(C)C)nc4c3CNC(=O)N4c3c(F)cccc3F)c2)cc1. The maximum atomic E-state index is 15.0. The van der Waals surface area contributed by atoms with E-state index in [9.17, 15) is 18.4 Å². The maximum Gasteiger partial charge on any atom is 0.328 e. The molecule has 12 heteroatoms. The molecule has 1 aliphatic heterocycles. The van der Waals surface area contributed by atoms with Crippen LogP contribution in [0.15, 0.2) is 60.7 Å². The van der Waals surface area contributed by atoms with E-state index in [1.807, 2.05) is 32.8 Å². The quantitative estimate of drug-likeness (QED) is 0.213. The number of benzene rings is 3. The molecule has 3 aromatic carbocycles. The van der Waals surface area contributed by atoms with Crippen LogP contribution in [0.4, 0.5) is 36.7 Å². The molecule has 0 spiro atoms. The molecule has 0 aliphatic carbocycles. The number of halogens is 2. The number of carbonyl (C=O) groups is 2. The number of nitrogens with one attached hydrogen (secondary N) is 3. The van der Waals surface area contributed by atoms with Crippen molar-refractivity contribution in [3.05, 3.63) is 89.0 Å². The molecule has 0 atom stereocenters. The smallest absolute Gasteiger partial charge is 0.328 e. The Kier molecular flexibility index (Phi) is 9.00. The van der Waals surface area contributed by atoms with Crippen LogP contribution in [0.3, 0.4) is 0 Å². The molecule has 0 fully saturated rings. The first-order valence-electron chi connectivity index (χ1n) is 14.1. The van der Waals surface area contributed by atoms with E-state index in [2.05, 4.69) is 20.9 Å². The highest BCUT2D eigenvalue weighted by Crippen LogP contribution is 2.39. The third-order valence-corrected chi connectivity index (χ3v) is 7.00. The number of hydrogen-bond acceptors (Lipinski definition) is 7. The van der Waals surface area contributed by atoms with E-state index in [4.69, 9.17) is 9.72 Å². The molecule has 0 radical (unpaired) electrons. The number of fused-ring (bicyclic) bond motifs is 1. The van der Waals surface area contributed by atoms with Crippen molar-refractivity contribution in [3.63, 3.8) is 0 Å². The molecule has 3 N–H and O–H groups in total. The van der Waals surface area contributed by atoms with Crippen LogP contribution in [0, 0.1) is 18.6 Å². The Morgan fingerprint density at radius 3 is 2.48 bits per heavy atom. The molecule has 0 saturated carbocycles. The van der Waals surface area contributed by atoms with Gasteiger partial charge in [-0.25, -0.2) is 23.5 Å². The number of para-hydroxylation sites is 1. The number of hydrogen-bond donors (Lipinski definition) is 3. The number of anilines is 4. The maximum absolute atomic E-state index is 15.0. The van der Waals surface area contributed by atoms with E-state index >= 15 is 0 Å². The predicted molar refractivity (Wildman–Crippen MR) is 166 cm³/mol. The second kappa shape index (κ2) is 13.0. The largest absolute Gasteiger partial charge is 0.494 e. The average molecular weight is 602 g/mol. The van der Waals surface area contributed by atoms with E-state index in [0.717, 1.165) is 22.6 Å². The summed E-state index contributed by atoms with van der Waals surface area (Å²) in [5, 5.41) is 8.74. The minimum absolute atomic E-state index is 0.0100. The van der Waals surface area contributed by atoms with Gasteiger partial charge in [-0.15, -0.1) is 0 Å². The van der Waals surface area contributed by atoms with Crippen molar-refractivity contribution in [3.8, 4) is 17.0 Å². The molecule has 0 bridgehead atoms. The van der Waals surface area contributed by atoms with Gasteiger partial charge in [-0.05, 0) is 82.0 Å². The van der Waals surface area contributed by atoms with E-state index in [0.29, 0.717) is 53.5 Å². The summed E-state index contributed by atoms with van der Waals surface area (Å²) in [6.45, 7) is 5.43. The standard InChI is InChI=1S/C32H33F2N7O3/c1-5-44-22-13-11-21(12-14-22)37-30(42)20-10-9-19(2)23(17-20)27-24-18-36-32(43)41(28-25(33)7-6-8-26(28)34)29(24)39-31(38-27)35-15-16-40(3)4/h6-14,17H,5,15-16,18H2,1-4H3,(H,36,43)(H,37,42)(H,35,38,39). The Morgan fingerprint density at radius 1 is 1.07 bits per heavy atom. The summed E-state index contributed by atoms with van der Waals surface area (Å²) in [7, 11) is 3.84. The number of likely N-dealkylation sites (N-methyl/N-ethyl adjacent to an activating group) is 1. The summed E-state index contributed by atoms with van der Waals surface area (Å²) in [6, 6.07) is 14.9. The molecule has 44 heavy (non-hydrogen) atoms. The van der Waals surface area contributed by atoms with Gasteiger partial charge >= 0.3 is 6.03 Å². The van der Waals surface area contributed by atoms with E-state index < -0.39 is 23.4 Å². The molecule has 5 rings (SSSR count). The van der Waals surface area contributed by atoms with Crippen LogP contribution in [0.5, 0.6) is 5.75 Å². The number of aromatic nitrogens is 2. The molecule has 1 aromatic heterocycles. The van der Waals surface area contributed by atoms with Crippen molar-refractivity contribution in [2.45, 2.75) is 20.4 Å². The van der Waals surface area contributed by atoms with Gasteiger partial charge < -0.3 is 25.6 Å². The third kappa shape index (κ3) is 6.45. The number of amides is 3. The molecule has 228 valence electrons. The minimum atomic E-state index is -0.917. The van der Waals surface area contributed by atoms with E-state index in [1.54, 1.807) is 42.5 Å². The molecule has 2 heterocycles. The Bertz CT molecular complexity index is 1680. The predicted octanol–water partition coefficient (Wildman–Crippen LogP) is 5.72. The lowest BCUT2D eigenvalue weighted by atomic mass is 9.97. The topological polar surface area (TPSA) is 112 Å². The van der Waals surface area contributed by atoms with E-state index in [1.165, 1.54) is 6.07 Å². The Labute approximate surface area is 254 Å². The van der Waals surface area contributed by atoms with Gasteiger partial charge in [0, 0.05) is 35.5 Å². The average Bonchev–Trinajstić information content (AvgIpc) is 2.99. The molecule has 10 nitrogen and oxygen atoms in total. The zero-order chi connectivity index (χ0) is 31.4. The fraction of sp³-hybridized carbons (Fsp3) is 0.250. The van der Waals surface area contributed by atoms with Gasteiger partial charge in [-0.3, -0.25) is 4.79 Å². The number of urea groups is 1. The summed E-state index contributed by atoms with van der Waals surface area (Å²) in [5.74, 6) is -1.27. The van der Waals surface area contributed by atoms with Crippen molar-refractivity contribution in [1.82, 2.24) is 20.2 Å². The van der Waals surface area contributed by atoms with Crippen molar-refractivity contribution >= 4 is 35.1 Å². The summed E-state index contributed by atoms with van der Waals surface area (Å²) in [5.41, 5.74) is 2.67. The monoisotopic (exact) mass is 601 g/mol. The highest BCUT2D eigenvalue weighted by Gasteiger charge is 2.34. The first-order valence-corrected chi connectivity index (χ1v) is 14.1. The zero-order valence-electron chi connectivity index (χ0n) is 24.9. The second-order valence-electron chi connectivity index (χ2n) is 10.4. The molecule has 0 saturated heterocycles. The second-order valence-corrected chi connectivity index (χ2v) is 10.4. The minimum Gasteiger partial charge on any atom is -0.494 e. The number of aryl methyl sites for hydroxylation is 1. The van der Waals surface area contributed by atoms with Crippen LogP contribution in [-0.4, -0.2) is 60.6 Å². The van der Waals surface area contributed by atoms with Crippen molar-refractivity contribution in [2.75, 3.05) is 49.3 Å². The molecule has 3 amide bonds. The summed E-state index contributed by atoms with van der Waals surface area (Å²) >= 11 is 0. The summed E-state index contributed by atoms with van der Waals surface area (Å²) in [6.07, 6.45) is 0. The molecule has 1 aliphatic rings. The molecule has 4 aromatic rings. The number of nitrogens with zero attached hydrogens (tertiary/aromatic N) is 4. The normalized spacial score (nSPS) is 12.5. The van der Waals surface area contributed by atoms with Crippen LogP contribution in [0.25, 0.3) is 11.3 Å². The van der Waals surface area contributed by atoms with Gasteiger partial charge in [-0.2, -0.15) is 4.98 Å². The fourth-order valence-corrected chi connectivity index (χ4v) is 4.79. The van der Waals surface area contributed by atoms with Gasteiger partial charge in [0.15, 0.2) is 5.82 Å².